The molecule has 1 aromatic heterocycles. The number of aromatic nitrogens is 1. The van der Waals surface area contributed by atoms with E-state index in [1.807, 2.05) is 0 Å². The predicted octanol–water partition coefficient (Wildman–Crippen LogP) is 4.46. The molecule has 2 aromatic carbocycles. The monoisotopic (exact) mass is 416 g/mol. The van der Waals surface area contributed by atoms with E-state index >= 15 is 0 Å². The van der Waals surface area contributed by atoms with Crippen LogP contribution in [0.3, 0.4) is 0 Å². The molecule has 3 N–H and O–H groups in total. The second kappa shape index (κ2) is 9.20. The molecule has 1 heterocycles. The van der Waals surface area contributed by atoms with Gasteiger partial charge in [0.15, 0.2) is 0 Å². The number of carbonyl (C=O) groups is 2. The molecule has 0 unspecified atom stereocenters. The van der Waals surface area contributed by atoms with Crippen molar-refractivity contribution in [2.24, 2.45) is 0 Å². The molecular formula is C20H18ClFN4O3. The predicted molar refractivity (Wildman–Crippen MR) is 108 cm³/mol. The third kappa shape index (κ3) is 5.79. The van der Waals surface area contributed by atoms with Gasteiger partial charge in [-0.1, -0.05) is 11.6 Å². The van der Waals surface area contributed by atoms with Gasteiger partial charge in [-0.25, -0.2) is 14.2 Å². The van der Waals surface area contributed by atoms with Crippen LogP contribution in [-0.4, -0.2) is 23.5 Å². The number of nitrogens with one attached hydrogen (secondary N) is 3. The van der Waals surface area contributed by atoms with Crippen molar-refractivity contribution < 1.29 is 18.4 Å². The van der Waals surface area contributed by atoms with Gasteiger partial charge in [-0.05, 0) is 42.5 Å². The summed E-state index contributed by atoms with van der Waals surface area (Å²) in [5.41, 5.74) is 2.28. The quantitative estimate of drug-likeness (QED) is 0.552. The molecule has 3 amide bonds. The van der Waals surface area contributed by atoms with Crippen LogP contribution in [0.5, 0.6) is 0 Å². The molecule has 3 rings (SSSR count). The lowest BCUT2D eigenvalue weighted by Gasteiger charge is -2.10. The molecule has 29 heavy (non-hydrogen) atoms. The Balaban J connectivity index is 1.49. The zero-order valence-corrected chi connectivity index (χ0v) is 16.2. The average molecular weight is 417 g/mol. The first-order valence-corrected chi connectivity index (χ1v) is 9.11. The Morgan fingerprint density at radius 2 is 1.90 bits per heavy atom. The molecule has 0 bridgehead atoms. The molecule has 9 heteroatoms. The fourth-order valence-electron chi connectivity index (χ4n) is 2.51. The van der Waals surface area contributed by atoms with Crippen LogP contribution in [0.15, 0.2) is 53.1 Å². The van der Waals surface area contributed by atoms with E-state index in [9.17, 15) is 14.0 Å². The van der Waals surface area contributed by atoms with Crippen molar-refractivity contribution in [2.75, 3.05) is 17.2 Å². The minimum atomic E-state index is -0.429. The molecule has 3 aromatic rings. The summed E-state index contributed by atoms with van der Waals surface area (Å²) in [6, 6.07) is 10.2. The Morgan fingerprint density at radius 3 is 2.59 bits per heavy atom. The number of rotatable bonds is 6. The van der Waals surface area contributed by atoms with Gasteiger partial charge in [-0.2, -0.15) is 0 Å². The van der Waals surface area contributed by atoms with Crippen molar-refractivity contribution >= 4 is 34.9 Å². The first-order chi connectivity index (χ1) is 13.9. The van der Waals surface area contributed by atoms with E-state index in [2.05, 4.69) is 20.9 Å². The zero-order chi connectivity index (χ0) is 20.8. The molecule has 0 fully saturated rings. The molecule has 0 aliphatic carbocycles. The number of oxazole rings is 1. The van der Waals surface area contributed by atoms with E-state index in [1.165, 1.54) is 25.3 Å². The van der Waals surface area contributed by atoms with Crippen molar-refractivity contribution in [3.8, 4) is 11.5 Å². The Kier molecular flexibility index (Phi) is 6.46. The van der Waals surface area contributed by atoms with Crippen molar-refractivity contribution in [3.05, 3.63) is 65.3 Å². The molecule has 0 spiro atoms. The SMILES string of the molecule is CC(=O)Nc1ccc(NC(=O)NCCc2coc(-c3ccc(F)cc3)n2)c(Cl)c1. The third-order valence-electron chi connectivity index (χ3n) is 3.85. The summed E-state index contributed by atoms with van der Waals surface area (Å²) in [6.07, 6.45) is 1.95. The van der Waals surface area contributed by atoms with Crippen molar-refractivity contribution in [1.29, 1.82) is 0 Å². The molecular weight excluding hydrogens is 399 g/mol. The molecule has 0 atom stereocenters. The van der Waals surface area contributed by atoms with Crippen LogP contribution >= 0.6 is 11.6 Å². The van der Waals surface area contributed by atoms with Crippen LogP contribution in [-0.2, 0) is 11.2 Å². The molecule has 0 radical (unpaired) electrons. The Bertz CT molecular complexity index is 1020. The Morgan fingerprint density at radius 1 is 1.14 bits per heavy atom. The van der Waals surface area contributed by atoms with Crippen LogP contribution in [0.2, 0.25) is 5.02 Å². The number of hydrogen-bond acceptors (Lipinski definition) is 4. The fourth-order valence-corrected chi connectivity index (χ4v) is 2.74. The second-order valence-corrected chi connectivity index (χ2v) is 6.56. The molecule has 150 valence electrons. The lowest BCUT2D eigenvalue weighted by atomic mass is 10.2. The number of benzene rings is 2. The van der Waals surface area contributed by atoms with E-state index in [0.29, 0.717) is 46.5 Å². The smallest absolute Gasteiger partial charge is 0.319 e. The summed E-state index contributed by atoms with van der Waals surface area (Å²) in [6.45, 7) is 1.72. The van der Waals surface area contributed by atoms with Crippen LogP contribution in [0.25, 0.3) is 11.5 Å². The number of urea groups is 1. The first-order valence-electron chi connectivity index (χ1n) is 8.73. The number of halogens is 2. The number of nitrogens with zero attached hydrogens (tertiary/aromatic N) is 1. The van der Waals surface area contributed by atoms with Gasteiger partial charge in [0.25, 0.3) is 0 Å². The van der Waals surface area contributed by atoms with Crippen molar-refractivity contribution in [3.63, 3.8) is 0 Å². The summed E-state index contributed by atoms with van der Waals surface area (Å²) in [4.78, 5) is 27.4. The molecule has 7 nitrogen and oxygen atoms in total. The van der Waals surface area contributed by atoms with Crippen LogP contribution in [0.1, 0.15) is 12.6 Å². The van der Waals surface area contributed by atoms with Crippen molar-refractivity contribution in [1.82, 2.24) is 10.3 Å². The zero-order valence-electron chi connectivity index (χ0n) is 15.5. The maximum atomic E-state index is 13.0. The van der Waals surface area contributed by atoms with Crippen LogP contribution < -0.4 is 16.0 Å². The highest BCUT2D eigenvalue weighted by Gasteiger charge is 2.09. The van der Waals surface area contributed by atoms with E-state index in [4.69, 9.17) is 16.0 Å². The van der Waals surface area contributed by atoms with E-state index in [-0.39, 0.29) is 11.7 Å². The maximum absolute atomic E-state index is 13.0. The number of anilines is 2. The van der Waals surface area contributed by atoms with Gasteiger partial charge in [0.2, 0.25) is 11.8 Å². The Labute approximate surface area is 171 Å². The Hall–Kier alpha value is -3.39. The largest absolute Gasteiger partial charge is 0.444 e. The van der Waals surface area contributed by atoms with Crippen LogP contribution in [0.4, 0.5) is 20.6 Å². The van der Waals surface area contributed by atoms with Crippen molar-refractivity contribution in [2.45, 2.75) is 13.3 Å². The van der Waals surface area contributed by atoms with Gasteiger partial charge in [-0.3, -0.25) is 4.79 Å². The molecule has 0 saturated heterocycles. The first kappa shape index (κ1) is 20.3. The normalized spacial score (nSPS) is 10.4. The molecule has 0 saturated carbocycles. The number of hydrogen-bond donors (Lipinski definition) is 3. The van der Waals surface area contributed by atoms with E-state index in [0.717, 1.165) is 0 Å². The second-order valence-electron chi connectivity index (χ2n) is 6.16. The number of amides is 3. The number of carbonyl (C=O) groups excluding carboxylic acids is 2. The van der Waals surface area contributed by atoms with Gasteiger partial charge >= 0.3 is 6.03 Å². The minimum absolute atomic E-state index is 0.213. The van der Waals surface area contributed by atoms with Gasteiger partial charge < -0.3 is 20.4 Å². The summed E-state index contributed by atoms with van der Waals surface area (Å²) < 4.78 is 18.4. The highest BCUT2D eigenvalue weighted by Crippen LogP contribution is 2.25. The van der Waals surface area contributed by atoms with Gasteiger partial charge in [-0.15, -0.1) is 0 Å². The van der Waals surface area contributed by atoms with E-state index < -0.39 is 6.03 Å². The van der Waals surface area contributed by atoms with Crippen LogP contribution in [0, 0.1) is 5.82 Å². The molecule has 0 aliphatic rings. The topological polar surface area (TPSA) is 96.3 Å². The average Bonchev–Trinajstić information content (AvgIpc) is 3.13. The molecule has 0 aliphatic heterocycles. The van der Waals surface area contributed by atoms with E-state index in [1.54, 1.807) is 30.3 Å². The highest BCUT2D eigenvalue weighted by atomic mass is 35.5. The third-order valence-corrected chi connectivity index (χ3v) is 4.16. The minimum Gasteiger partial charge on any atom is -0.444 e. The summed E-state index contributed by atoms with van der Waals surface area (Å²) in [5.74, 6) is -0.161. The van der Waals surface area contributed by atoms with Gasteiger partial charge in [0, 0.05) is 31.1 Å². The summed E-state index contributed by atoms with van der Waals surface area (Å²) >= 11 is 6.12. The summed E-state index contributed by atoms with van der Waals surface area (Å²) in [7, 11) is 0. The maximum Gasteiger partial charge on any atom is 0.319 e. The van der Waals surface area contributed by atoms with Gasteiger partial charge in [0.05, 0.1) is 16.4 Å². The summed E-state index contributed by atoms with van der Waals surface area (Å²) in [5, 5.41) is 8.25. The standard InChI is InChI=1S/C20H18ClFN4O3/c1-12(27)24-15-6-7-18(17(21)10-15)26-20(28)23-9-8-16-11-29-19(25-16)13-2-4-14(22)5-3-13/h2-7,10-11H,8-9H2,1H3,(H,24,27)(H2,23,26,28). The highest BCUT2D eigenvalue weighted by molar-refractivity contribution is 6.34. The lowest BCUT2D eigenvalue weighted by molar-refractivity contribution is -0.114. The fraction of sp³-hybridized carbons (Fsp3) is 0.150. The van der Waals surface area contributed by atoms with Gasteiger partial charge in [0.1, 0.15) is 12.1 Å². The lowest BCUT2D eigenvalue weighted by Crippen LogP contribution is -2.30.